The number of aliphatic hydroxyl groups excluding tert-OH is 1. The number of benzene rings is 3. The Morgan fingerprint density at radius 2 is 1.77 bits per heavy atom. The number of carbonyl (C=O) groups excluding carboxylic acids is 1. The molecule has 4 aromatic rings. The van der Waals surface area contributed by atoms with Gasteiger partial charge in [-0.05, 0) is 53.8 Å². The predicted octanol–water partition coefficient (Wildman–Crippen LogP) is 6.39. The molecule has 2 heterocycles. The van der Waals surface area contributed by atoms with E-state index in [1.165, 1.54) is 0 Å². The third kappa shape index (κ3) is 5.50. The highest BCUT2D eigenvalue weighted by atomic mass is 35.5. The normalized spacial score (nSPS) is 14.7. The summed E-state index contributed by atoms with van der Waals surface area (Å²) in [5.74, 6) is 1.48. The molecular formula is C35H32ClN3O4. The van der Waals surface area contributed by atoms with E-state index >= 15 is 0 Å². The Hall–Kier alpha value is -4.22. The Kier molecular flexibility index (Phi) is 8.18. The van der Waals surface area contributed by atoms with Crippen molar-refractivity contribution in [2.45, 2.75) is 32.9 Å². The smallest absolute Gasteiger partial charge is 0.218 e. The van der Waals surface area contributed by atoms with Gasteiger partial charge in [-0.1, -0.05) is 54.1 Å². The van der Waals surface area contributed by atoms with Gasteiger partial charge in [0.05, 0.1) is 23.4 Å². The molecule has 0 amide bonds. The lowest BCUT2D eigenvalue weighted by Crippen LogP contribution is -2.47. The van der Waals surface area contributed by atoms with Gasteiger partial charge in [-0.2, -0.15) is 5.26 Å². The van der Waals surface area contributed by atoms with E-state index in [-0.39, 0.29) is 19.0 Å². The van der Waals surface area contributed by atoms with E-state index in [0.29, 0.717) is 53.1 Å². The van der Waals surface area contributed by atoms with Gasteiger partial charge >= 0.3 is 0 Å². The molecule has 0 bridgehead atoms. The van der Waals surface area contributed by atoms with Crippen LogP contribution in [-0.4, -0.2) is 47.6 Å². The lowest BCUT2D eigenvalue weighted by Gasteiger charge is -2.38. The molecule has 1 fully saturated rings. The van der Waals surface area contributed by atoms with Crippen molar-refractivity contribution in [2.24, 2.45) is 5.92 Å². The number of hydrogen-bond acceptors (Lipinski definition) is 7. The summed E-state index contributed by atoms with van der Waals surface area (Å²) in [4.78, 5) is 19.2. The second-order valence-corrected chi connectivity index (χ2v) is 11.5. The molecule has 0 saturated carbocycles. The van der Waals surface area contributed by atoms with Crippen molar-refractivity contribution >= 4 is 17.4 Å². The summed E-state index contributed by atoms with van der Waals surface area (Å²) in [6.45, 7) is 4.98. The number of aliphatic hydroxyl groups is 1. The average Bonchev–Trinajstić information content (AvgIpc) is 3.38. The number of aromatic nitrogens is 1. The van der Waals surface area contributed by atoms with Crippen molar-refractivity contribution in [2.75, 3.05) is 26.8 Å². The first-order valence-electron chi connectivity index (χ1n) is 14.4. The van der Waals surface area contributed by atoms with Crippen LogP contribution in [0, 0.1) is 24.2 Å². The molecule has 0 spiro atoms. The number of fused-ring (bicyclic) bond motifs is 1. The Bertz CT molecular complexity index is 1760. The molecule has 1 aliphatic carbocycles. The van der Waals surface area contributed by atoms with E-state index in [1.54, 1.807) is 19.2 Å². The summed E-state index contributed by atoms with van der Waals surface area (Å²) in [6, 6.07) is 21.7. The maximum absolute atomic E-state index is 12.1. The maximum Gasteiger partial charge on any atom is 0.218 e. The van der Waals surface area contributed by atoms with Crippen LogP contribution in [0.5, 0.6) is 11.6 Å². The number of likely N-dealkylation sites (tertiary alicyclic amines) is 1. The van der Waals surface area contributed by atoms with Gasteiger partial charge < -0.3 is 14.6 Å². The molecule has 0 radical (unpaired) electrons. The first kappa shape index (κ1) is 28.9. The lowest BCUT2D eigenvalue weighted by molar-refractivity contribution is 0.0472. The minimum absolute atomic E-state index is 0.0777. The number of ketones is 1. The van der Waals surface area contributed by atoms with E-state index in [2.05, 4.69) is 11.0 Å². The number of nitriles is 1. The van der Waals surface area contributed by atoms with Crippen molar-refractivity contribution in [3.63, 3.8) is 0 Å². The molecule has 43 heavy (non-hydrogen) atoms. The maximum atomic E-state index is 12.1. The highest BCUT2D eigenvalue weighted by molar-refractivity contribution is 6.36. The quantitative estimate of drug-likeness (QED) is 0.240. The van der Waals surface area contributed by atoms with Gasteiger partial charge in [-0.15, -0.1) is 0 Å². The van der Waals surface area contributed by atoms with Gasteiger partial charge in [0.1, 0.15) is 18.4 Å². The number of rotatable bonds is 9. The summed E-state index contributed by atoms with van der Waals surface area (Å²) in [5.41, 5.74) is 8.24. The number of halogens is 1. The Morgan fingerprint density at radius 3 is 2.53 bits per heavy atom. The highest BCUT2D eigenvalue weighted by Crippen LogP contribution is 2.39. The van der Waals surface area contributed by atoms with Gasteiger partial charge in [0.2, 0.25) is 5.88 Å². The van der Waals surface area contributed by atoms with E-state index in [1.807, 2.05) is 55.5 Å². The van der Waals surface area contributed by atoms with Crippen LogP contribution in [0.3, 0.4) is 0 Å². The van der Waals surface area contributed by atoms with Crippen LogP contribution in [0.15, 0.2) is 60.7 Å². The third-order valence-corrected chi connectivity index (χ3v) is 8.91. The topological polar surface area (TPSA) is 95.7 Å². The van der Waals surface area contributed by atoms with E-state index in [4.69, 9.17) is 26.1 Å². The SMILES string of the molecule is COc1nc(-c2cccc(-c3cccc(COc4ccc5c(c4C#N)CCC5=O)c3C)c2Cl)ccc1CN1CC(CO)C1. The third-order valence-electron chi connectivity index (χ3n) is 8.50. The van der Waals surface area contributed by atoms with Crippen molar-refractivity contribution in [3.8, 4) is 40.1 Å². The molecular weight excluding hydrogens is 562 g/mol. The first-order valence-corrected chi connectivity index (χ1v) is 14.8. The van der Waals surface area contributed by atoms with E-state index in [0.717, 1.165) is 57.7 Å². The second kappa shape index (κ2) is 12.2. The Labute approximate surface area is 256 Å². The second-order valence-electron chi connectivity index (χ2n) is 11.2. The van der Waals surface area contributed by atoms with Crippen LogP contribution in [-0.2, 0) is 19.6 Å². The zero-order chi connectivity index (χ0) is 30.1. The highest BCUT2D eigenvalue weighted by Gasteiger charge is 2.27. The lowest BCUT2D eigenvalue weighted by atomic mass is 9.94. The Morgan fingerprint density at radius 1 is 1.00 bits per heavy atom. The monoisotopic (exact) mass is 593 g/mol. The number of methoxy groups -OCH3 is 1. The van der Waals surface area contributed by atoms with E-state index in [9.17, 15) is 15.2 Å². The van der Waals surface area contributed by atoms with Gasteiger partial charge in [-0.25, -0.2) is 4.98 Å². The van der Waals surface area contributed by atoms with Crippen LogP contribution in [0.4, 0.5) is 0 Å². The van der Waals surface area contributed by atoms with Gasteiger partial charge in [0, 0.05) is 60.8 Å². The molecule has 6 rings (SSSR count). The van der Waals surface area contributed by atoms with Crippen molar-refractivity contribution in [1.29, 1.82) is 5.26 Å². The van der Waals surface area contributed by atoms with Gasteiger partial charge in [0.25, 0.3) is 0 Å². The number of carbonyl (C=O) groups is 1. The molecule has 1 aliphatic heterocycles. The molecule has 1 aromatic heterocycles. The number of nitrogens with zero attached hydrogens (tertiary/aromatic N) is 3. The standard InChI is InChI=1S/C35H32ClN3O4/c1-21-24(20-43-33-14-11-27-26(30(33)15-37)10-13-32(27)41)5-3-6-25(21)28-7-4-8-29(34(28)36)31-12-9-23(35(38-31)42-2)18-39-16-22(17-39)19-40/h3-9,11-12,14,22,40H,10,13,16-20H2,1-2H3. The van der Waals surface area contributed by atoms with Gasteiger partial charge in [0.15, 0.2) is 5.78 Å². The molecule has 218 valence electrons. The Balaban J connectivity index is 1.25. The van der Waals surface area contributed by atoms with Crippen LogP contribution in [0.2, 0.25) is 5.02 Å². The summed E-state index contributed by atoms with van der Waals surface area (Å²) in [7, 11) is 1.62. The summed E-state index contributed by atoms with van der Waals surface area (Å²) >= 11 is 7.06. The molecule has 2 aliphatic rings. The number of Topliss-reactive ketones (excluding diaryl/α,β-unsaturated/α-hetero) is 1. The van der Waals surface area contributed by atoms with Crippen LogP contribution in [0.25, 0.3) is 22.4 Å². The molecule has 3 aromatic carbocycles. The largest absolute Gasteiger partial charge is 0.488 e. The minimum atomic E-state index is 0.0777. The van der Waals surface area contributed by atoms with Crippen molar-refractivity contribution in [1.82, 2.24) is 9.88 Å². The first-order chi connectivity index (χ1) is 20.9. The fourth-order valence-electron chi connectivity index (χ4n) is 6.07. The summed E-state index contributed by atoms with van der Waals surface area (Å²) < 4.78 is 11.8. The van der Waals surface area contributed by atoms with Crippen molar-refractivity contribution < 1.29 is 19.4 Å². The number of ether oxygens (including phenoxy) is 2. The summed E-state index contributed by atoms with van der Waals surface area (Å²) in [5, 5.41) is 19.7. The van der Waals surface area contributed by atoms with Gasteiger partial charge in [-0.3, -0.25) is 9.69 Å². The van der Waals surface area contributed by atoms with Crippen LogP contribution in [0.1, 0.15) is 44.6 Å². The fraction of sp³-hybridized carbons (Fsp3) is 0.286. The van der Waals surface area contributed by atoms with Crippen LogP contribution < -0.4 is 9.47 Å². The molecule has 8 heteroatoms. The molecule has 0 unspecified atom stereocenters. The number of hydrogen-bond donors (Lipinski definition) is 1. The number of pyridine rings is 1. The zero-order valence-corrected chi connectivity index (χ0v) is 24.9. The fourth-order valence-corrected chi connectivity index (χ4v) is 6.39. The van der Waals surface area contributed by atoms with E-state index < -0.39 is 0 Å². The molecule has 1 saturated heterocycles. The molecule has 7 nitrogen and oxygen atoms in total. The molecule has 0 atom stereocenters. The molecule has 1 N–H and O–H groups in total. The predicted molar refractivity (Wildman–Crippen MR) is 165 cm³/mol. The average molecular weight is 594 g/mol. The van der Waals surface area contributed by atoms with Crippen LogP contribution >= 0.6 is 11.6 Å². The van der Waals surface area contributed by atoms with Crippen molar-refractivity contribution in [3.05, 3.63) is 99.1 Å². The minimum Gasteiger partial charge on any atom is -0.488 e. The zero-order valence-electron chi connectivity index (χ0n) is 24.2. The summed E-state index contributed by atoms with van der Waals surface area (Å²) in [6.07, 6.45) is 1.01.